The van der Waals surface area contributed by atoms with E-state index >= 15 is 0 Å². The molecule has 1 atom stereocenters. The molecule has 0 aliphatic heterocycles. The number of ether oxygens (including phenoxy) is 1. The van der Waals surface area contributed by atoms with Gasteiger partial charge in [0.2, 0.25) is 0 Å². The first kappa shape index (κ1) is 15.5. The molecule has 0 fully saturated rings. The summed E-state index contributed by atoms with van der Waals surface area (Å²) in [6.45, 7) is 16.5. The zero-order valence-corrected chi connectivity index (χ0v) is 12.2. The molecule has 0 rings (SSSR count). The van der Waals surface area contributed by atoms with Gasteiger partial charge in [-0.3, -0.25) is 4.79 Å². The van der Waals surface area contributed by atoms with Crippen molar-refractivity contribution < 1.29 is 9.53 Å². The molecule has 0 saturated heterocycles. The standard InChI is InChI=1S/C14H28O2/c1-10(2)14(8,9-13(5,6)7)12(15)16-11(3)4/h10-11H,9H2,1-8H3/t14-/m0/s1. The van der Waals surface area contributed by atoms with Crippen molar-refractivity contribution in [1.29, 1.82) is 0 Å². The van der Waals surface area contributed by atoms with Crippen molar-refractivity contribution in [3.05, 3.63) is 0 Å². The molecule has 2 nitrogen and oxygen atoms in total. The van der Waals surface area contributed by atoms with Crippen molar-refractivity contribution in [1.82, 2.24) is 0 Å². The summed E-state index contributed by atoms with van der Waals surface area (Å²) in [6, 6.07) is 0. The van der Waals surface area contributed by atoms with E-state index in [9.17, 15) is 4.79 Å². The van der Waals surface area contributed by atoms with Crippen LogP contribution in [0.25, 0.3) is 0 Å². The Morgan fingerprint density at radius 2 is 1.50 bits per heavy atom. The van der Waals surface area contributed by atoms with Gasteiger partial charge in [0, 0.05) is 0 Å². The second-order valence-corrected chi connectivity index (χ2v) is 6.76. The molecule has 0 aromatic rings. The van der Waals surface area contributed by atoms with Crippen LogP contribution >= 0.6 is 0 Å². The molecule has 16 heavy (non-hydrogen) atoms. The Bertz CT molecular complexity index is 236. The predicted octanol–water partition coefficient (Wildman–Crippen LogP) is 4.04. The summed E-state index contributed by atoms with van der Waals surface area (Å²) >= 11 is 0. The van der Waals surface area contributed by atoms with Gasteiger partial charge in [0.1, 0.15) is 0 Å². The van der Waals surface area contributed by atoms with E-state index in [1.807, 2.05) is 20.8 Å². The molecule has 0 radical (unpaired) electrons. The van der Waals surface area contributed by atoms with Crippen LogP contribution in [0.3, 0.4) is 0 Å². The number of carbonyl (C=O) groups excluding carboxylic acids is 1. The van der Waals surface area contributed by atoms with Crippen molar-refractivity contribution >= 4 is 5.97 Å². The summed E-state index contributed by atoms with van der Waals surface area (Å²) in [7, 11) is 0. The summed E-state index contributed by atoms with van der Waals surface area (Å²) in [4.78, 5) is 12.2. The van der Waals surface area contributed by atoms with Crippen LogP contribution in [0.5, 0.6) is 0 Å². The maximum Gasteiger partial charge on any atom is 0.312 e. The molecular weight excluding hydrogens is 200 g/mol. The summed E-state index contributed by atoms with van der Waals surface area (Å²) in [5.41, 5.74) is -0.252. The summed E-state index contributed by atoms with van der Waals surface area (Å²) in [5.74, 6) is 0.227. The molecule has 0 N–H and O–H groups in total. The highest BCUT2D eigenvalue weighted by Crippen LogP contribution is 2.40. The zero-order valence-electron chi connectivity index (χ0n) is 12.2. The van der Waals surface area contributed by atoms with E-state index < -0.39 is 0 Å². The smallest absolute Gasteiger partial charge is 0.312 e. The Balaban J connectivity index is 4.90. The zero-order chi connectivity index (χ0) is 13.1. The SMILES string of the molecule is CC(C)OC(=O)[C@@](C)(CC(C)(C)C)C(C)C. The lowest BCUT2D eigenvalue weighted by Crippen LogP contribution is -2.39. The van der Waals surface area contributed by atoms with Gasteiger partial charge in [-0.1, -0.05) is 34.6 Å². The Labute approximate surface area is 101 Å². The fourth-order valence-electron chi connectivity index (χ4n) is 1.96. The summed E-state index contributed by atoms with van der Waals surface area (Å²) in [6.07, 6.45) is 0.814. The van der Waals surface area contributed by atoms with Gasteiger partial charge in [0.25, 0.3) is 0 Å². The van der Waals surface area contributed by atoms with Crippen LogP contribution in [0, 0.1) is 16.7 Å². The first-order chi connectivity index (χ1) is 6.99. The van der Waals surface area contributed by atoms with Crippen LogP contribution in [-0.4, -0.2) is 12.1 Å². The molecule has 0 unspecified atom stereocenters. The number of esters is 1. The van der Waals surface area contributed by atoms with Crippen LogP contribution in [0.4, 0.5) is 0 Å². The summed E-state index contributed by atoms with van der Waals surface area (Å²) in [5, 5.41) is 0. The predicted molar refractivity (Wildman–Crippen MR) is 68.2 cm³/mol. The minimum absolute atomic E-state index is 0.0365. The fourth-order valence-corrected chi connectivity index (χ4v) is 1.96. The Hall–Kier alpha value is -0.530. The molecule has 96 valence electrons. The maximum atomic E-state index is 12.2. The molecule has 0 heterocycles. The van der Waals surface area contributed by atoms with Crippen molar-refractivity contribution in [3.63, 3.8) is 0 Å². The average molecular weight is 228 g/mol. The van der Waals surface area contributed by atoms with E-state index in [1.165, 1.54) is 0 Å². The molecule has 0 aromatic heterocycles. The topological polar surface area (TPSA) is 26.3 Å². The van der Waals surface area contributed by atoms with Gasteiger partial charge >= 0.3 is 5.97 Å². The summed E-state index contributed by atoms with van der Waals surface area (Å²) < 4.78 is 5.38. The van der Waals surface area contributed by atoms with Gasteiger partial charge in [0.15, 0.2) is 0 Å². The molecule has 0 amide bonds. The van der Waals surface area contributed by atoms with Crippen LogP contribution in [-0.2, 0) is 9.53 Å². The van der Waals surface area contributed by atoms with Crippen LogP contribution < -0.4 is 0 Å². The lowest BCUT2D eigenvalue weighted by molar-refractivity contribution is -0.164. The van der Waals surface area contributed by atoms with Crippen molar-refractivity contribution in [3.8, 4) is 0 Å². The maximum absolute atomic E-state index is 12.2. The van der Waals surface area contributed by atoms with E-state index in [4.69, 9.17) is 4.74 Å². The monoisotopic (exact) mass is 228 g/mol. The Morgan fingerprint density at radius 1 is 1.06 bits per heavy atom. The van der Waals surface area contributed by atoms with Crippen LogP contribution in [0.15, 0.2) is 0 Å². The van der Waals surface area contributed by atoms with E-state index in [2.05, 4.69) is 34.6 Å². The number of carbonyl (C=O) groups is 1. The van der Waals surface area contributed by atoms with Gasteiger partial charge in [-0.2, -0.15) is 0 Å². The van der Waals surface area contributed by atoms with Gasteiger partial charge in [-0.25, -0.2) is 0 Å². The van der Waals surface area contributed by atoms with Gasteiger partial charge in [-0.15, -0.1) is 0 Å². The largest absolute Gasteiger partial charge is 0.463 e. The van der Waals surface area contributed by atoms with Crippen LogP contribution in [0.1, 0.15) is 61.8 Å². The van der Waals surface area contributed by atoms with E-state index in [0.29, 0.717) is 0 Å². The quantitative estimate of drug-likeness (QED) is 0.679. The Kier molecular flexibility index (Phi) is 5.03. The minimum atomic E-state index is -0.386. The lowest BCUT2D eigenvalue weighted by Gasteiger charge is -2.37. The van der Waals surface area contributed by atoms with E-state index in [1.54, 1.807) is 0 Å². The minimum Gasteiger partial charge on any atom is -0.463 e. The third-order valence-corrected chi connectivity index (χ3v) is 2.98. The molecule has 0 aromatic carbocycles. The lowest BCUT2D eigenvalue weighted by atomic mass is 9.69. The first-order valence-corrected chi connectivity index (χ1v) is 6.20. The second kappa shape index (κ2) is 5.20. The molecule has 0 aliphatic rings. The third-order valence-electron chi connectivity index (χ3n) is 2.98. The molecule has 0 saturated carbocycles. The highest BCUT2D eigenvalue weighted by molar-refractivity contribution is 5.77. The highest BCUT2D eigenvalue weighted by atomic mass is 16.5. The molecule has 2 heteroatoms. The fraction of sp³-hybridized carbons (Fsp3) is 0.929. The normalized spacial score (nSPS) is 16.4. The Morgan fingerprint density at radius 3 is 1.75 bits per heavy atom. The van der Waals surface area contributed by atoms with Crippen molar-refractivity contribution in [2.24, 2.45) is 16.7 Å². The van der Waals surface area contributed by atoms with E-state index in [0.717, 1.165) is 6.42 Å². The number of hydrogen-bond donors (Lipinski definition) is 0. The van der Waals surface area contributed by atoms with Crippen molar-refractivity contribution in [2.75, 3.05) is 0 Å². The molecular formula is C14H28O2. The number of hydrogen-bond acceptors (Lipinski definition) is 2. The van der Waals surface area contributed by atoms with Gasteiger partial charge in [-0.05, 0) is 38.5 Å². The number of rotatable bonds is 4. The third kappa shape index (κ3) is 4.54. The average Bonchev–Trinajstić information content (AvgIpc) is 1.98. The second-order valence-electron chi connectivity index (χ2n) is 6.76. The first-order valence-electron chi connectivity index (χ1n) is 6.20. The van der Waals surface area contributed by atoms with Crippen molar-refractivity contribution in [2.45, 2.75) is 67.9 Å². The van der Waals surface area contributed by atoms with Crippen LogP contribution in [0.2, 0.25) is 0 Å². The molecule has 0 aliphatic carbocycles. The molecule has 0 bridgehead atoms. The van der Waals surface area contributed by atoms with Gasteiger partial charge in [0.05, 0.1) is 11.5 Å². The van der Waals surface area contributed by atoms with E-state index in [-0.39, 0.29) is 28.8 Å². The molecule has 0 spiro atoms. The van der Waals surface area contributed by atoms with Gasteiger partial charge < -0.3 is 4.74 Å². The highest BCUT2D eigenvalue weighted by Gasteiger charge is 2.41.